The van der Waals surface area contributed by atoms with Crippen molar-refractivity contribution in [2.75, 3.05) is 0 Å². The van der Waals surface area contributed by atoms with Gasteiger partial charge in [0.05, 0.1) is 6.20 Å². The van der Waals surface area contributed by atoms with Gasteiger partial charge in [0.15, 0.2) is 6.10 Å². The number of benzene rings is 1. The van der Waals surface area contributed by atoms with Crippen LogP contribution in [0.4, 0.5) is 0 Å². The largest absolute Gasteiger partial charge is 0.481 e. The number of ether oxygens (including phenoxy) is 1. The molecular formula is C20H23N3O4. The molecule has 2 aromatic heterocycles. The van der Waals surface area contributed by atoms with E-state index in [9.17, 15) is 9.59 Å². The van der Waals surface area contributed by atoms with Crippen LogP contribution in [0.1, 0.15) is 31.9 Å². The van der Waals surface area contributed by atoms with Crippen molar-refractivity contribution in [3.05, 3.63) is 58.2 Å². The fourth-order valence-corrected chi connectivity index (χ4v) is 2.84. The van der Waals surface area contributed by atoms with Crippen molar-refractivity contribution in [3.63, 3.8) is 0 Å². The maximum atomic E-state index is 12.3. The zero-order valence-corrected chi connectivity index (χ0v) is 15.7. The molecule has 0 spiro atoms. The van der Waals surface area contributed by atoms with Crippen molar-refractivity contribution in [3.8, 4) is 5.75 Å². The van der Waals surface area contributed by atoms with Crippen molar-refractivity contribution < 1.29 is 13.9 Å². The third-order valence-electron chi connectivity index (χ3n) is 4.34. The van der Waals surface area contributed by atoms with Gasteiger partial charge in [-0.05, 0) is 38.0 Å². The van der Waals surface area contributed by atoms with Gasteiger partial charge in [0.25, 0.3) is 5.91 Å². The first-order valence-corrected chi connectivity index (χ1v) is 9.02. The molecule has 3 aromatic rings. The summed E-state index contributed by atoms with van der Waals surface area (Å²) in [5.74, 6) is 0.239. The molecule has 2 heterocycles. The molecule has 1 N–H and O–H groups in total. The summed E-state index contributed by atoms with van der Waals surface area (Å²) in [6.07, 6.45) is 3.66. The maximum Gasteiger partial charge on any atom is 0.336 e. The zero-order valence-electron chi connectivity index (χ0n) is 15.7. The summed E-state index contributed by atoms with van der Waals surface area (Å²) in [7, 11) is 0. The van der Waals surface area contributed by atoms with Gasteiger partial charge in [0, 0.05) is 42.4 Å². The molecule has 3 rings (SSSR count). The average molecular weight is 369 g/mol. The standard InChI is InChI=1S/C20H23N3O4/c1-4-15-8-19(24)27-18-9-16(6-7-17(15)18)26-13(3)20(25)21-10-14-11-22-23(5-2)12-14/h6-9,11-13H,4-5,10H2,1-3H3,(H,21,25). The second-order valence-electron chi connectivity index (χ2n) is 6.28. The van der Waals surface area contributed by atoms with E-state index >= 15 is 0 Å². The first-order chi connectivity index (χ1) is 13.0. The highest BCUT2D eigenvalue weighted by Gasteiger charge is 2.15. The minimum absolute atomic E-state index is 0.233. The highest BCUT2D eigenvalue weighted by atomic mass is 16.5. The molecular weight excluding hydrogens is 346 g/mol. The van der Waals surface area contributed by atoms with Crippen LogP contribution in [-0.4, -0.2) is 21.8 Å². The lowest BCUT2D eigenvalue weighted by molar-refractivity contribution is -0.127. The van der Waals surface area contributed by atoms with Gasteiger partial charge < -0.3 is 14.5 Å². The van der Waals surface area contributed by atoms with E-state index in [-0.39, 0.29) is 5.91 Å². The van der Waals surface area contributed by atoms with Gasteiger partial charge in [-0.1, -0.05) is 6.92 Å². The average Bonchev–Trinajstić information content (AvgIpc) is 3.13. The number of aromatic nitrogens is 2. The fourth-order valence-electron chi connectivity index (χ4n) is 2.84. The summed E-state index contributed by atoms with van der Waals surface area (Å²) < 4.78 is 12.8. The van der Waals surface area contributed by atoms with Crippen LogP contribution < -0.4 is 15.7 Å². The van der Waals surface area contributed by atoms with Crippen LogP contribution in [-0.2, 0) is 24.3 Å². The van der Waals surface area contributed by atoms with Crippen LogP contribution in [0.3, 0.4) is 0 Å². The fraction of sp³-hybridized carbons (Fsp3) is 0.350. The van der Waals surface area contributed by atoms with Crippen molar-refractivity contribution in [2.45, 2.75) is 46.4 Å². The second kappa shape index (κ2) is 8.07. The Morgan fingerprint density at radius 3 is 2.85 bits per heavy atom. The number of carbonyl (C=O) groups excluding carboxylic acids is 1. The first kappa shape index (κ1) is 18.7. The van der Waals surface area contributed by atoms with Crippen molar-refractivity contribution in [1.82, 2.24) is 15.1 Å². The monoisotopic (exact) mass is 369 g/mol. The van der Waals surface area contributed by atoms with Crippen molar-refractivity contribution >= 4 is 16.9 Å². The molecule has 0 bridgehead atoms. The van der Waals surface area contributed by atoms with Crippen LogP contribution in [0.2, 0.25) is 0 Å². The predicted octanol–water partition coefficient (Wildman–Crippen LogP) is 2.66. The van der Waals surface area contributed by atoms with Gasteiger partial charge in [-0.15, -0.1) is 0 Å². The maximum absolute atomic E-state index is 12.3. The number of hydrogen-bond donors (Lipinski definition) is 1. The van der Waals surface area contributed by atoms with Gasteiger partial charge >= 0.3 is 5.63 Å². The molecule has 0 saturated carbocycles. The van der Waals surface area contributed by atoms with Gasteiger partial charge in [0.2, 0.25) is 0 Å². The van der Waals surface area contributed by atoms with Crippen molar-refractivity contribution in [2.24, 2.45) is 0 Å². The van der Waals surface area contributed by atoms with Gasteiger partial charge in [-0.3, -0.25) is 9.48 Å². The minimum atomic E-state index is -0.690. The molecule has 0 radical (unpaired) electrons. The Balaban J connectivity index is 1.66. The highest BCUT2D eigenvalue weighted by molar-refractivity contribution is 5.83. The zero-order chi connectivity index (χ0) is 19.4. The van der Waals surface area contributed by atoms with Gasteiger partial charge in [-0.25, -0.2) is 4.79 Å². The minimum Gasteiger partial charge on any atom is -0.481 e. The second-order valence-corrected chi connectivity index (χ2v) is 6.28. The number of fused-ring (bicyclic) bond motifs is 1. The number of amides is 1. The van der Waals surface area contributed by atoms with Gasteiger partial charge in [0.1, 0.15) is 11.3 Å². The molecule has 142 valence electrons. The highest BCUT2D eigenvalue weighted by Crippen LogP contribution is 2.23. The Labute approximate surface area is 156 Å². The number of aryl methyl sites for hydroxylation is 2. The smallest absolute Gasteiger partial charge is 0.336 e. The number of nitrogens with one attached hydrogen (secondary N) is 1. The Morgan fingerprint density at radius 2 is 2.15 bits per heavy atom. The molecule has 1 aromatic carbocycles. The molecule has 0 fully saturated rings. The summed E-state index contributed by atoms with van der Waals surface area (Å²) >= 11 is 0. The summed E-state index contributed by atoms with van der Waals surface area (Å²) in [5, 5.41) is 7.87. The third kappa shape index (κ3) is 4.36. The van der Waals surface area contributed by atoms with Crippen LogP contribution >= 0.6 is 0 Å². The molecule has 7 nitrogen and oxygen atoms in total. The van der Waals surface area contributed by atoms with E-state index in [1.807, 2.05) is 26.1 Å². The van der Waals surface area contributed by atoms with Crippen LogP contribution in [0.15, 0.2) is 45.9 Å². The molecule has 1 unspecified atom stereocenters. The molecule has 1 amide bonds. The van der Waals surface area contributed by atoms with E-state index in [2.05, 4.69) is 10.4 Å². The summed E-state index contributed by atoms with van der Waals surface area (Å²) in [6.45, 7) is 6.83. The van der Waals surface area contributed by atoms with E-state index in [0.29, 0.717) is 17.9 Å². The Morgan fingerprint density at radius 1 is 1.33 bits per heavy atom. The van der Waals surface area contributed by atoms with Crippen LogP contribution in [0.5, 0.6) is 5.75 Å². The van der Waals surface area contributed by atoms with Crippen molar-refractivity contribution in [1.29, 1.82) is 0 Å². The Bertz CT molecular complexity index is 1010. The number of hydrogen-bond acceptors (Lipinski definition) is 5. The number of rotatable bonds is 7. The molecule has 1 atom stereocenters. The third-order valence-corrected chi connectivity index (χ3v) is 4.34. The van der Waals surface area contributed by atoms with E-state index in [4.69, 9.17) is 9.15 Å². The summed E-state index contributed by atoms with van der Waals surface area (Å²) in [5.41, 5.74) is 1.91. The van der Waals surface area contributed by atoms with E-state index in [0.717, 1.165) is 29.5 Å². The van der Waals surface area contributed by atoms with Gasteiger partial charge in [-0.2, -0.15) is 5.10 Å². The molecule has 0 aliphatic heterocycles. The molecule has 0 aliphatic rings. The molecule has 7 heteroatoms. The van der Waals surface area contributed by atoms with Crippen LogP contribution in [0.25, 0.3) is 11.0 Å². The molecule has 0 aliphatic carbocycles. The Kier molecular flexibility index (Phi) is 5.59. The topological polar surface area (TPSA) is 86.4 Å². The SMILES string of the molecule is CCc1cc(=O)oc2cc(OC(C)C(=O)NCc3cnn(CC)c3)ccc12. The lowest BCUT2D eigenvalue weighted by atomic mass is 10.1. The Hall–Kier alpha value is -3.09. The number of carbonyl (C=O) groups is 1. The van der Waals surface area contributed by atoms with E-state index in [1.54, 1.807) is 29.9 Å². The lowest BCUT2D eigenvalue weighted by Gasteiger charge is -2.15. The number of nitrogens with zero attached hydrogens (tertiary/aromatic N) is 2. The van der Waals surface area contributed by atoms with E-state index < -0.39 is 11.7 Å². The quantitative estimate of drug-likeness (QED) is 0.647. The summed E-state index contributed by atoms with van der Waals surface area (Å²) in [4.78, 5) is 23.9. The normalized spacial score (nSPS) is 12.1. The molecule has 0 saturated heterocycles. The molecule has 27 heavy (non-hydrogen) atoms. The van der Waals surface area contributed by atoms with Crippen LogP contribution in [0, 0.1) is 0 Å². The predicted molar refractivity (Wildman–Crippen MR) is 102 cm³/mol. The summed E-state index contributed by atoms with van der Waals surface area (Å²) in [6, 6.07) is 6.76. The lowest BCUT2D eigenvalue weighted by Crippen LogP contribution is -2.35. The first-order valence-electron chi connectivity index (χ1n) is 9.02. The van der Waals surface area contributed by atoms with E-state index in [1.165, 1.54) is 6.07 Å².